The van der Waals surface area contributed by atoms with Gasteiger partial charge >= 0.3 is 0 Å². The van der Waals surface area contributed by atoms with Crippen LogP contribution < -0.4 is 10.2 Å². The fraction of sp³-hybridized carbons (Fsp3) is 0.621. The average Bonchev–Trinajstić information content (AvgIpc) is 3.61. The van der Waals surface area contributed by atoms with Crippen molar-refractivity contribution in [1.29, 1.82) is 0 Å². The topological polar surface area (TPSA) is 86.6 Å². The number of ether oxygens (including phenoxy) is 3. The third kappa shape index (κ3) is 4.81. The van der Waals surface area contributed by atoms with Gasteiger partial charge in [0, 0.05) is 43.5 Å². The van der Waals surface area contributed by atoms with Gasteiger partial charge in [0.15, 0.2) is 11.6 Å². The summed E-state index contributed by atoms with van der Waals surface area (Å²) in [6.07, 6.45) is 1.06. The Labute approximate surface area is 232 Å². The van der Waals surface area contributed by atoms with Crippen LogP contribution in [-0.2, 0) is 14.2 Å². The summed E-state index contributed by atoms with van der Waals surface area (Å²) in [6.45, 7) is 8.23. The summed E-state index contributed by atoms with van der Waals surface area (Å²) in [5.74, 6) is 1.79. The first-order chi connectivity index (χ1) is 19.3. The summed E-state index contributed by atoms with van der Waals surface area (Å²) in [5.41, 5.74) is 1.15. The van der Waals surface area contributed by atoms with Gasteiger partial charge in [0.1, 0.15) is 11.6 Å². The highest BCUT2D eigenvalue weighted by Gasteiger charge is 2.53. The smallest absolute Gasteiger partial charge is 0.296 e. The Kier molecular flexibility index (Phi) is 6.43. The fourth-order valence-electron chi connectivity index (χ4n) is 6.84. The van der Waals surface area contributed by atoms with Crippen LogP contribution >= 0.6 is 0 Å². The molecule has 2 saturated carbocycles. The molecule has 11 heteroatoms. The number of nitrogens with one attached hydrogen (secondary N) is 1. The molecule has 1 unspecified atom stereocenters. The van der Waals surface area contributed by atoms with Gasteiger partial charge in [0.2, 0.25) is 5.95 Å². The number of halogens is 2. The minimum Gasteiger partial charge on any atom is -0.378 e. The summed E-state index contributed by atoms with van der Waals surface area (Å²) in [4.78, 5) is 15.9. The SMILES string of the molecule is CC1(C)COC2(C[C@H]3CC(Nc4cc(-n5c(C(F)F)nc6ccccc65)nc(N5CCOCC5)n4)C[C@H]3C2)OC1. The minimum atomic E-state index is -2.75. The van der Waals surface area contributed by atoms with E-state index in [1.807, 2.05) is 11.0 Å². The second kappa shape index (κ2) is 9.88. The van der Waals surface area contributed by atoms with Gasteiger partial charge in [0.25, 0.3) is 6.43 Å². The lowest BCUT2D eigenvalue weighted by Gasteiger charge is -2.42. The van der Waals surface area contributed by atoms with Gasteiger partial charge in [-0.2, -0.15) is 9.97 Å². The largest absolute Gasteiger partial charge is 0.378 e. The van der Waals surface area contributed by atoms with Crippen molar-refractivity contribution in [1.82, 2.24) is 19.5 Å². The molecule has 3 atom stereocenters. The van der Waals surface area contributed by atoms with Crippen LogP contribution in [0.1, 0.15) is 51.8 Å². The number of morpholine rings is 1. The molecule has 2 saturated heterocycles. The maximum Gasteiger partial charge on any atom is 0.296 e. The first-order valence-electron chi connectivity index (χ1n) is 14.3. The molecule has 1 aromatic carbocycles. The molecular formula is C29H36F2N6O3. The molecular weight excluding hydrogens is 518 g/mol. The predicted molar refractivity (Wildman–Crippen MR) is 146 cm³/mol. The molecule has 0 bridgehead atoms. The van der Waals surface area contributed by atoms with E-state index in [0.717, 1.165) is 38.9 Å². The fourth-order valence-corrected chi connectivity index (χ4v) is 6.84. The number of para-hydroxylation sites is 2. The highest BCUT2D eigenvalue weighted by Crippen LogP contribution is 2.53. The Morgan fingerprint density at radius 1 is 0.975 bits per heavy atom. The van der Waals surface area contributed by atoms with Gasteiger partial charge < -0.3 is 24.4 Å². The summed E-state index contributed by atoms with van der Waals surface area (Å²) < 4.78 is 47.9. The molecule has 4 heterocycles. The van der Waals surface area contributed by atoms with Crippen LogP contribution in [-0.4, -0.2) is 70.9 Å². The summed E-state index contributed by atoms with van der Waals surface area (Å²) in [5, 5.41) is 3.64. The standard InChI is InChI=1S/C29H36F2N6O3/c1-28(2)16-39-29(40-17-28)14-18-11-20(12-19(18)15-29)32-23-13-24(35-27(34-23)36-7-9-38-10-8-36)37-22-6-4-3-5-21(22)33-26(37)25(30)31/h3-6,13,18-20,25H,7-12,14-17H2,1-2H3,(H,32,34,35)/t18-,19+,20?. The van der Waals surface area contributed by atoms with Crippen LogP contribution in [0.25, 0.3) is 16.9 Å². The van der Waals surface area contributed by atoms with Crippen molar-refractivity contribution in [3.8, 4) is 5.82 Å². The summed E-state index contributed by atoms with van der Waals surface area (Å²) in [6, 6.07) is 9.15. The molecule has 40 heavy (non-hydrogen) atoms. The van der Waals surface area contributed by atoms with Crippen LogP contribution in [0.2, 0.25) is 0 Å². The van der Waals surface area contributed by atoms with E-state index >= 15 is 0 Å². The molecule has 7 rings (SSSR count). The van der Waals surface area contributed by atoms with Gasteiger partial charge in [-0.25, -0.2) is 13.8 Å². The molecule has 4 aliphatic rings. The van der Waals surface area contributed by atoms with Crippen LogP contribution in [0, 0.1) is 17.3 Å². The highest BCUT2D eigenvalue weighted by molar-refractivity contribution is 5.78. The molecule has 0 radical (unpaired) electrons. The van der Waals surface area contributed by atoms with E-state index in [-0.39, 0.29) is 17.3 Å². The van der Waals surface area contributed by atoms with Crippen LogP contribution in [0.15, 0.2) is 30.3 Å². The number of hydrogen-bond acceptors (Lipinski definition) is 8. The first-order valence-corrected chi connectivity index (χ1v) is 14.3. The van der Waals surface area contributed by atoms with Crippen molar-refractivity contribution < 1.29 is 23.0 Å². The lowest BCUT2D eigenvalue weighted by molar-refractivity contribution is -0.297. The number of alkyl halides is 2. The number of aromatic nitrogens is 4. The van der Waals surface area contributed by atoms with Crippen LogP contribution in [0.4, 0.5) is 20.5 Å². The monoisotopic (exact) mass is 554 g/mol. The Bertz CT molecular complexity index is 1370. The molecule has 1 N–H and O–H groups in total. The van der Waals surface area contributed by atoms with Gasteiger partial charge in [-0.15, -0.1) is 0 Å². The van der Waals surface area contributed by atoms with Crippen molar-refractivity contribution in [2.75, 3.05) is 49.7 Å². The maximum atomic E-state index is 14.2. The molecule has 3 aromatic rings. The Hall–Kier alpha value is -2.89. The first kappa shape index (κ1) is 26.0. The average molecular weight is 555 g/mol. The van der Waals surface area contributed by atoms with Gasteiger partial charge in [-0.3, -0.25) is 4.57 Å². The van der Waals surface area contributed by atoms with Gasteiger partial charge in [-0.1, -0.05) is 26.0 Å². The van der Waals surface area contributed by atoms with Gasteiger partial charge in [0.05, 0.1) is 37.5 Å². The molecule has 2 aliphatic carbocycles. The van der Waals surface area contributed by atoms with E-state index in [4.69, 9.17) is 24.2 Å². The van der Waals surface area contributed by atoms with Crippen molar-refractivity contribution in [2.24, 2.45) is 17.3 Å². The molecule has 2 aromatic heterocycles. The lowest BCUT2D eigenvalue weighted by atomic mass is 9.94. The second-order valence-electron chi connectivity index (χ2n) is 12.5. The molecule has 4 fully saturated rings. The Balaban J connectivity index is 1.16. The van der Waals surface area contributed by atoms with E-state index in [1.165, 1.54) is 4.57 Å². The van der Waals surface area contributed by atoms with Crippen LogP contribution in [0.3, 0.4) is 0 Å². The van der Waals surface area contributed by atoms with Crippen molar-refractivity contribution >= 4 is 22.8 Å². The van der Waals surface area contributed by atoms with E-state index in [9.17, 15) is 8.78 Å². The number of rotatable bonds is 5. The normalized spacial score (nSPS) is 27.5. The van der Waals surface area contributed by atoms with E-state index in [0.29, 0.717) is 66.8 Å². The number of hydrogen-bond donors (Lipinski definition) is 1. The molecule has 9 nitrogen and oxygen atoms in total. The number of benzene rings is 1. The molecule has 0 amide bonds. The summed E-state index contributed by atoms with van der Waals surface area (Å²) in [7, 11) is 0. The zero-order valence-corrected chi connectivity index (χ0v) is 23.0. The van der Waals surface area contributed by atoms with Crippen molar-refractivity contribution in [2.45, 2.75) is 57.8 Å². The predicted octanol–water partition coefficient (Wildman–Crippen LogP) is 4.96. The zero-order valence-electron chi connectivity index (χ0n) is 23.0. The number of nitrogens with zero attached hydrogens (tertiary/aromatic N) is 5. The third-order valence-corrected chi connectivity index (χ3v) is 8.80. The van der Waals surface area contributed by atoms with Gasteiger partial charge in [-0.05, 0) is 36.8 Å². The third-order valence-electron chi connectivity index (χ3n) is 8.80. The zero-order chi connectivity index (χ0) is 27.5. The van der Waals surface area contributed by atoms with Crippen molar-refractivity contribution in [3.05, 3.63) is 36.2 Å². The van der Waals surface area contributed by atoms with E-state index in [2.05, 4.69) is 24.1 Å². The minimum absolute atomic E-state index is 0.0563. The number of anilines is 2. The Morgan fingerprint density at radius 3 is 2.38 bits per heavy atom. The van der Waals surface area contributed by atoms with Crippen LogP contribution in [0.5, 0.6) is 0 Å². The number of imidazole rings is 1. The summed E-state index contributed by atoms with van der Waals surface area (Å²) >= 11 is 0. The number of fused-ring (bicyclic) bond motifs is 2. The lowest BCUT2D eigenvalue weighted by Crippen LogP contribution is -2.46. The van der Waals surface area contributed by atoms with E-state index < -0.39 is 12.2 Å². The second-order valence-corrected chi connectivity index (χ2v) is 12.5. The van der Waals surface area contributed by atoms with Crippen molar-refractivity contribution in [3.63, 3.8) is 0 Å². The molecule has 214 valence electrons. The molecule has 1 spiro atoms. The Morgan fingerprint density at radius 2 is 1.68 bits per heavy atom. The maximum absolute atomic E-state index is 14.2. The molecule has 2 aliphatic heterocycles. The highest BCUT2D eigenvalue weighted by atomic mass is 19.3. The van der Waals surface area contributed by atoms with E-state index in [1.54, 1.807) is 24.3 Å². The quantitative estimate of drug-likeness (QED) is 0.474.